The fourth-order valence-corrected chi connectivity index (χ4v) is 1.03. The molecule has 0 amide bonds. The summed E-state index contributed by atoms with van der Waals surface area (Å²) in [5.41, 5.74) is 0.0837. The Morgan fingerprint density at radius 3 is 2.70 bits per heavy atom. The highest BCUT2D eigenvalue weighted by atomic mass is 127. The maximum absolute atomic E-state index is 12.6. The number of halogens is 2. The van der Waals surface area contributed by atoms with Crippen LogP contribution in [0.4, 0.5) is 10.1 Å². The average molecular weight is 247 g/mol. The van der Waals surface area contributed by atoms with Crippen LogP contribution < -0.4 is 0 Å². The first-order valence-corrected chi connectivity index (χ1v) is 3.64. The zero-order chi connectivity index (χ0) is 7.56. The van der Waals surface area contributed by atoms with Gasteiger partial charge in [0.15, 0.2) is 0 Å². The quantitative estimate of drug-likeness (QED) is 0.490. The molecule has 0 unspecified atom stereocenters. The van der Waals surface area contributed by atoms with Crippen LogP contribution in [0, 0.1) is 16.0 Å². The molecule has 0 spiro atoms. The lowest BCUT2D eigenvalue weighted by atomic mass is 10.3. The molecule has 0 atom stereocenters. The molecular weight excluding hydrogens is 244 g/mol. The highest BCUT2D eigenvalue weighted by Crippen LogP contribution is 2.19. The van der Waals surface area contributed by atoms with Gasteiger partial charge >= 0.3 is 0 Å². The topological polar surface area (TPSA) is 4.36 Å². The summed E-state index contributed by atoms with van der Waals surface area (Å²) in [5, 5.41) is 0. The van der Waals surface area contributed by atoms with Gasteiger partial charge in [-0.15, -0.1) is 0 Å². The third-order valence-corrected chi connectivity index (χ3v) is 1.70. The second-order valence-electron chi connectivity index (χ2n) is 1.71. The van der Waals surface area contributed by atoms with E-state index >= 15 is 0 Å². The molecule has 0 saturated carbocycles. The van der Waals surface area contributed by atoms with Gasteiger partial charge in [-0.2, -0.15) is 0 Å². The van der Waals surface area contributed by atoms with Gasteiger partial charge in [-0.25, -0.2) is 9.24 Å². The van der Waals surface area contributed by atoms with Gasteiger partial charge in [0.05, 0.1) is 6.57 Å². The fraction of sp³-hybridized carbons (Fsp3) is 0. The monoisotopic (exact) mass is 247 g/mol. The van der Waals surface area contributed by atoms with Crippen LogP contribution in [0.3, 0.4) is 0 Å². The lowest BCUT2D eigenvalue weighted by molar-refractivity contribution is 0.633. The summed E-state index contributed by atoms with van der Waals surface area (Å²) in [5.74, 6) is -0.443. The number of nitrogens with zero attached hydrogens (tertiary/aromatic N) is 1. The van der Waals surface area contributed by atoms with Crippen molar-refractivity contribution in [2.45, 2.75) is 0 Å². The Labute approximate surface area is 71.8 Å². The molecule has 1 rings (SSSR count). The molecule has 1 aromatic rings. The van der Waals surface area contributed by atoms with E-state index in [4.69, 9.17) is 6.57 Å². The van der Waals surface area contributed by atoms with E-state index in [1.54, 1.807) is 6.07 Å². The minimum atomic E-state index is -0.443. The van der Waals surface area contributed by atoms with Gasteiger partial charge in [-0.05, 0) is 28.7 Å². The average Bonchev–Trinajstić information content (AvgIpc) is 1.88. The molecule has 10 heavy (non-hydrogen) atoms. The van der Waals surface area contributed by atoms with Gasteiger partial charge < -0.3 is 0 Å². The van der Waals surface area contributed by atoms with Crippen LogP contribution in [0.25, 0.3) is 4.85 Å². The Kier molecular flexibility index (Phi) is 2.22. The molecular formula is C7H3FIN. The summed E-state index contributed by atoms with van der Waals surface area (Å²) in [6.07, 6.45) is 0. The van der Waals surface area contributed by atoms with Crippen molar-refractivity contribution in [2.24, 2.45) is 0 Å². The zero-order valence-electron chi connectivity index (χ0n) is 4.94. The first-order chi connectivity index (χ1) is 4.74. The maximum Gasteiger partial charge on any atom is 0.222 e. The molecule has 1 aromatic carbocycles. The van der Waals surface area contributed by atoms with Crippen LogP contribution in [-0.2, 0) is 0 Å². The molecule has 0 N–H and O–H groups in total. The third kappa shape index (κ3) is 1.45. The van der Waals surface area contributed by atoms with Gasteiger partial charge in [0.25, 0.3) is 0 Å². The Morgan fingerprint density at radius 1 is 1.50 bits per heavy atom. The van der Waals surface area contributed by atoms with Crippen LogP contribution in [0.1, 0.15) is 0 Å². The van der Waals surface area contributed by atoms with Crippen molar-refractivity contribution >= 4 is 28.3 Å². The second-order valence-corrected chi connectivity index (χ2v) is 2.95. The minimum Gasteiger partial charge on any atom is -0.235 e. The van der Waals surface area contributed by atoms with Crippen molar-refractivity contribution < 1.29 is 4.39 Å². The maximum atomic E-state index is 12.6. The van der Waals surface area contributed by atoms with Crippen molar-refractivity contribution in [3.63, 3.8) is 0 Å². The van der Waals surface area contributed by atoms with Crippen LogP contribution in [0.15, 0.2) is 18.2 Å². The van der Waals surface area contributed by atoms with Gasteiger partial charge in [-0.3, -0.25) is 0 Å². The van der Waals surface area contributed by atoms with Gasteiger partial charge in [-0.1, -0.05) is 12.1 Å². The molecule has 0 aromatic heterocycles. The fourth-order valence-electron chi connectivity index (χ4n) is 0.572. The minimum absolute atomic E-state index is 0.0837. The number of hydrogen-bond acceptors (Lipinski definition) is 0. The number of benzene rings is 1. The Balaban J connectivity index is 3.23. The van der Waals surface area contributed by atoms with E-state index in [9.17, 15) is 4.39 Å². The molecule has 0 bridgehead atoms. The van der Waals surface area contributed by atoms with E-state index < -0.39 is 5.82 Å². The Morgan fingerprint density at radius 2 is 2.20 bits per heavy atom. The number of hydrogen-bond donors (Lipinski definition) is 0. The zero-order valence-corrected chi connectivity index (χ0v) is 7.09. The van der Waals surface area contributed by atoms with E-state index in [0.29, 0.717) is 0 Å². The lowest BCUT2D eigenvalue weighted by Gasteiger charge is -1.91. The predicted molar refractivity (Wildman–Crippen MR) is 45.4 cm³/mol. The van der Waals surface area contributed by atoms with E-state index in [0.717, 1.165) is 3.57 Å². The summed E-state index contributed by atoms with van der Waals surface area (Å²) in [6.45, 7) is 6.54. The molecule has 50 valence electrons. The standard InChI is InChI=1S/C7H3FIN/c1-10-7-3-2-5(9)4-6(7)8/h2-4H. The van der Waals surface area contributed by atoms with Gasteiger partial charge in [0.1, 0.15) is 5.82 Å². The SMILES string of the molecule is [C-]#[N+]c1ccc(I)cc1F. The van der Waals surface area contributed by atoms with Crippen molar-refractivity contribution in [1.29, 1.82) is 0 Å². The molecule has 3 heteroatoms. The highest BCUT2D eigenvalue weighted by molar-refractivity contribution is 14.1. The predicted octanol–water partition coefficient (Wildman–Crippen LogP) is 2.98. The lowest BCUT2D eigenvalue weighted by Crippen LogP contribution is -1.74. The van der Waals surface area contributed by atoms with Gasteiger partial charge in [0, 0.05) is 3.57 Å². The van der Waals surface area contributed by atoms with Crippen LogP contribution in [0.2, 0.25) is 0 Å². The molecule has 0 radical (unpaired) electrons. The normalized spacial score (nSPS) is 8.90. The Bertz CT molecular complexity index is 290. The smallest absolute Gasteiger partial charge is 0.222 e. The van der Waals surface area contributed by atoms with E-state index in [1.165, 1.54) is 12.1 Å². The van der Waals surface area contributed by atoms with E-state index in [-0.39, 0.29) is 5.69 Å². The van der Waals surface area contributed by atoms with E-state index in [1.807, 2.05) is 22.6 Å². The molecule has 0 heterocycles. The largest absolute Gasteiger partial charge is 0.235 e. The molecule has 0 aliphatic rings. The van der Waals surface area contributed by atoms with Crippen LogP contribution in [0.5, 0.6) is 0 Å². The first-order valence-electron chi connectivity index (χ1n) is 2.56. The molecule has 0 fully saturated rings. The summed E-state index contributed by atoms with van der Waals surface area (Å²) in [7, 11) is 0. The van der Waals surface area contributed by atoms with Crippen molar-refractivity contribution in [3.05, 3.63) is 39.0 Å². The molecule has 0 saturated heterocycles. The Hall–Kier alpha value is -0.630. The van der Waals surface area contributed by atoms with Gasteiger partial charge in [0.2, 0.25) is 5.69 Å². The van der Waals surface area contributed by atoms with Crippen molar-refractivity contribution in [3.8, 4) is 0 Å². The summed E-state index contributed by atoms with van der Waals surface area (Å²) < 4.78 is 13.4. The summed E-state index contributed by atoms with van der Waals surface area (Å²) >= 11 is 2.00. The summed E-state index contributed by atoms with van der Waals surface area (Å²) in [4.78, 5) is 2.98. The molecule has 1 nitrogen and oxygen atoms in total. The third-order valence-electron chi connectivity index (χ3n) is 1.03. The number of rotatable bonds is 0. The van der Waals surface area contributed by atoms with Crippen LogP contribution in [-0.4, -0.2) is 0 Å². The van der Waals surface area contributed by atoms with E-state index in [2.05, 4.69) is 4.85 Å². The molecule has 0 aliphatic heterocycles. The van der Waals surface area contributed by atoms with Crippen LogP contribution >= 0.6 is 22.6 Å². The highest BCUT2D eigenvalue weighted by Gasteiger charge is 1.99. The van der Waals surface area contributed by atoms with Crippen molar-refractivity contribution in [2.75, 3.05) is 0 Å². The first kappa shape index (κ1) is 7.48. The molecule has 0 aliphatic carbocycles. The van der Waals surface area contributed by atoms with Crippen molar-refractivity contribution in [1.82, 2.24) is 0 Å². The second kappa shape index (κ2) is 2.97. The summed E-state index contributed by atoms with van der Waals surface area (Å²) in [6, 6.07) is 4.52.